The summed E-state index contributed by atoms with van der Waals surface area (Å²) < 4.78 is 53.9. The summed E-state index contributed by atoms with van der Waals surface area (Å²) >= 11 is 0. The Bertz CT molecular complexity index is 771. The Morgan fingerprint density at radius 3 is 2.20 bits per heavy atom. The zero-order chi connectivity index (χ0) is 21.6. The van der Waals surface area contributed by atoms with Gasteiger partial charge in [-0.1, -0.05) is 44.1 Å². The predicted molar refractivity (Wildman–Crippen MR) is 110 cm³/mol. The summed E-state index contributed by atoms with van der Waals surface area (Å²) in [4.78, 5) is 0. The molecule has 30 heavy (non-hydrogen) atoms. The lowest BCUT2D eigenvalue weighted by Gasteiger charge is -2.37. The molecule has 2 aliphatic carbocycles. The summed E-state index contributed by atoms with van der Waals surface area (Å²) in [5, 5.41) is 0. The van der Waals surface area contributed by atoms with Gasteiger partial charge in [-0.05, 0) is 86.5 Å². The van der Waals surface area contributed by atoms with Gasteiger partial charge in [0.15, 0.2) is 11.6 Å². The molecule has 0 bridgehead atoms. The molecule has 1 nitrogen and oxygen atoms in total. The zero-order valence-corrected chi connectivity index (χ0v) is 17.5. The Morgan fingerprint density at radius 2 is 1.63 bits per heavy atom. The normalized spacial score (nSPS) is 27.5. The van der Waals surface area contributed by atoms with Crippen molar-refractivity contribution in [2.75, 3.05) is 0 Å². The maximum atomic E-state index is 13.7. The predicted octanol–water partition coefficient (Wildman–Crippen LogP) is 7.65. The van der Waals surface area contributed by atoms with Crippen LogP contribution in [0.15, 0.2) is 30.4 Å². The molecule has 2 aliphatic rings. The average Bonchev–Trinajstić information content (AvgIpc) is 2.73. The minimum absolute atomic E-state index is 0.318. The zero-order valence-electron chi connectivity index (χ0n) is 17.5. The fourth-order valence-electron chi connectivity index (χ4n) is 4.97. The smallest absolute Gasteiger partial charge is 0.403 e. The largest absolute Gasteiger partial charge is 0.573 e. The molecular weight excluding hydrogens is 392 g/mol. The Morgan fingerprint density at radius 1 is 1.00 bits per heavy atom. The van der Waals surface area contributed by atoms with Crippen LogP contribution in [0.3, 0.4) is 0 Å². The first kappa shape index (κ1) is 22.7. The van der Waals surface area contributed by atoms with Gasteiger partial charge >= 0.3 is 6.36 Å². The summed E-state index contributed by atoms with van der Waals surface area (Å²) in [7, 11) is 0. The van der Waals surface area contributed by atoms with Gasteiger partial charge < -0.3 is 4.74 Å². The van der Waals surface area contributed by atoms with E-state index in [0.717, 1.165) is 29.9 Å². The van der Waals surface area contributed by atoms with E-state index in [-0.39, 0.29) is 0 Å². The molecule has 0 amide bonds. The third kappa shape index (κ3) is 6.79. The SMILES string of the molecule is CCC1CCC(C2CCC(/C=C/C#Cc3ccc(OC(F)(F)F)c(F)c3)CC2)CC1. The van der Waals surface area contributed by atoms with E-state index in [4.69, 9.17) is 0 Å². The molecule has 164 valence electrons. The van der Waals surface area contributed by atoms with Gasteiger partial charge in [0.05, 0.1) is 0 Å². The van der Waals surface area contributed by atoms with E-state index in [2.05, 4.69) is 29.6 Å². The van der Waals surface area contributed by atoms with Crippen molar-refractivity contribution < 1.29 is 22.3 Å². The van der Waals surface area contributed by atoms with Crippen LogP contribution >= 0.6 is 0 Å². The van der Waals surface area contributed by atoms with Crippen molar-refractivity contribution in [2.45, 2.75) is 71.1 Å². The molecule has 0 radical (unpaired) electrons. The number of hydrogen-bond donors (Lipinski definition) is 0. The minimum Gasteiger partial charge on any atom is -0.403 e. The molecule has 2 saturated carbocycles. The Labute approximate surface area is 176 Å². The van der Waals surface area contributed by atoms with Gasteiger partial charge in [0.25, 0.3) is 0 Å². The molecular formula is C25H30F4O. The van der Waals surface area contributed by atoms with E-state index < -0.39 is 17.9 Å². The summed E-state index contributed by atoms with van der Waals surface area (Å²) in [6.07, 6.45) is 10.9. The fourth-order valence-corrected chi connectivity index (χ4v) is 4.97. The highest BCUT2D eigenvalue weighted by Crippen LogP contribution is 2.42. The van der Waals surface area contributed by atoms with Gasteiger partial charge in [-0.25, -0.2) is 4.39 Å². The molecule has 2 fully saturated rings. The van der Waals surface area contributed by atoms with Gasteiger partial charge in [0.2, 0.25) is 0 Å². The number of alkyl halides is 3. The maximum Gasteiger partial charge on any atom is 0.573 e. The molecule has 3 rings (SSSR count). The second-order valence-corrected chi connectivity index (χ2v) is 8.69. The van der Waals surface area contributed by atoms with Gasteiger partial charge in [-0.15, -0.1) is 13.2 Å². The molecule has 0 atom stereocenters. The molecule has 0 unspecified atom stereocenters. The molecule has 1 aromatic rings. The van der Waals surface area contributed by atoms with Crippen LogP contribution in [0, 0.1) is 41.3 Å². The van der Waals surface area contributed by atoms with E-state index in [1.54, 1.807) is 6.08 Å². The topological polar surface area (TPSA) is 9.23 Å². The molecule has 5 heteroatoms. The summed E-state index contributed by atoms with van der Waals surface area (Å²) in [6, 6.07) is 3.23. The lowest BCUT2D eigenvalue weighted by molar-refractivity contribution is -0.275. The summed E-state index contributed by atoms with van der Waals surface area (Å²) in [6.45, 7) is 2.30. The molecule has 0 N–H and O–H groups in total. The number of halogens is 4. The van der Waals surface area contributed by atoms with Crippen molar-refractivity contribution in [2.24, 2.45) is 23.7 Å². The first-order valence-electron chi connectivity index (χ1n) is 11.1. The Balaban J connectivity index is 1.45. The number of benzene rings is 1. The fraction of sp³-hybridized carbons (Fsp3) is 0.600. The van der Waals surface area contributed by atoms with E-state index >= 15 is 0 Å². The Kier molecular flexibility index (Phi) is 7.86. The highest BCUT2D eigenvalue weighted by atomic mass is 19.4. The highest BCUT2D eigenvalue weighted by molar-refractivity contribution is 5.41. The first-order chi connectivity index (χ1) is 14.3. The monoisotopic (exact) mass is 422 g/mol. The second-order valence-electron chi connectivity index (χ2n) is 8.69. The summed E-state index contributed by atoms with van der Waals surface area (Å²) in [5.41, 5.74) is 0.318. The van der Waals surface area contributed by atoms with Gasteiger partial charge in [0.1, 0.15) is 0 Å². The quantitative estimate of drug-likeness (QED) is 0.358. The van der Waals surface area contributed by atoms with Crippen molar-refractivity contribution in [1.29, 1.82) is 0 Å². The van der Waals surface area contributed by atoms with Crippen molar-refractivity contribution in [3.63, 3.8) is 0 Å². The van der Waals surface area contributed by atoms with Crippen LogP contribution in [-0.2, 0) is 0 Å². The third-order valence-corrected chi connectivity index (χ3v) is 6.78. The van der Waals surface area contributed by atoms with Crippen LogP contribution in [0.2, 0.25) is 0 Å². The maximum absolute atomic E-state index is 13.7. The molecule has 0 spiro atoms. The van der Waals surface area contributed by atoms with Crippen molar-refractivity contribution in [3.05, 3.63) is 41.7 Å². The molecule has 0 heterocycles. The standard InChI is InChI=1S/C25H30F4O/c1-2-18-7-12-21(13-8-18)22-14-9-19(10-15-22)5-3-4-6-20-11-16-24(23(26)17-20)30-25(27,28)29/h3,5,11,16-19,21-22H,2,7-10,12-15H2,1H3/b5-3+. The number of rotatable bonds is 4. The van der Waals surface area contributed by atoms with Gasteiger partial charge in [-0.3, -0.25) is 0 Å². The van der Waals surface area contributed by atoms with E-state index in [1.165, 1.54) is 63.9 Å². The minimum atomic E-state index is -4.91. The van der Waals surface area contributed by atoms with Crippen LogP contribution in [-0.4, -0.2) is 6.36 Å². The van der Waals surface area contributed by atoms with Crippen molar-refractivity contribution in [3.8, 4) is 17.6 Å². The highest BCUT2D eigenvalue weighted by Gasteiger charge is 2.32. The number of hydrogen-bond acceptors (Lipinski definition) is 1. The summed E-state index contributed by atoms with van der Waals surface area (Å²) in [5.74, 6) is 6.98. The van der Waals surface area contributed by atoms with Crippen LogP contribution < -0.4 is 4.74 Å². The first-order valence-corrected chi connectivity index (χ1v) is 11.1. The van der Waals surface area contributed by atoms with Crippen LogP contribution in [0.4, 0.5) is 17.6 Å². The van der Waals surface area contributed by atoms with Crippen LogP contribution in [0.5, 0.6) is 5.75 Å². The molecule has 1 aromatic carbocycles. The van der Waals surface area contributed by atoms with E-state index in [0.29, 0.717) is 11.5 Å². The number of ether oxygens (including phenoxy) is 1. The Hall–Kier alpha value is -1.96. The van der Waals surface area contributed by atoms with Crippen LogP contribution in [0.1, 0.15) is 70.3 Å². The van der Waals surface area contributed by atoms with Gasteiger partial charge in [0, 0.05) is 5.56 Å². The van der Waals surface area contributed by atoms with Crippen LogP contribution in [0.25, 0.3) is 0 Å². The lowest BCUT2D eigenvalue weighted by atomic mass is 9.69. The average molecular weight is 423 g/mol. The van der Waals surface area contributed by atoms with E-state index in [1.807, 2.05) is 0 Å². The van der Waals surface area contributed by atoms with Crippen molar-refractivity contribution >= 4 is 0 Å². The van der Waals surface area contributed by atoms with Gasteiger partial charge in [-0.2, -0.15) is 0 Å². The lowest BCUT2D eigenvalue weighted by Crippen LogP contribution is -2.25. The molecule has 0 aromatic heterocycles. The van der Waals surface area contributed by atoms with E-state index in [9.17, 15) is 17.6 Å². The second kappa shape index (κ2) is 10.4. The number of allylic oxidation sites excluding steroid dienone is 2. The molecule has 0 saturated heterocycles. The van der Waals surface area contributed by atoms with Crippen molar-refractivity contribution in [1.82, 2.24) is 0 Å². The molecule has 0 aliphatic heterocycles. The third-order valence-electron chi connectivity index (χ3n) is 6.78.